The van der Waals surface area contributed by atoms with Crippen molar-refractivity contribution in [2.45, 2.75) is 83.1 Å². The van der Waals surface area contributed by atoms with Crippen LogP contribution in [0.15, 0.2) is 0 Å². The quantitative estimate of drug-likeness (QED) is 0.537. The van der Waals surface area contributed by atoms with Crippen LogP contribution in [-0.2, 0) is 9.59 Å². The maximum atomic E-state index is 12.6. The topological polar surface area (TPSA) is 75.4 Å². The Kier molecular flexibility index (Phi) is 10.4. The van der Waals surface area contributed by atoms with Gasteiger partial charge in [0, 0.05) is 25.1 Å². The molecule has 1 saturated heterocycles. The molecule has 1 aliphatic heterocycles. The van der Waals surface area contributed by atoms with Crippen molar-refractivity contribution >= 4 is 23.6 Å². The summed E-state index contributed by atoms with van der Waals surface area (Å²) >= 11 is 1.77. The summed E-state index contributed by atoms with van der Waals surface area (Å²) < 4.78 is 0. The molecule has 6 heteroatoms. The predicted octanol–water partition coefficient (Wildman–Crippen LogP) is 3.27. The molecule has 1 atom stereocenters. The summed E-state index contributed by atoms with van der Waals surface area (Å²) in [6.45, 7) is 1.43. The van der Waals surface area contributed by atoms with Crippen molar-refractivity contribution in [2.75, 3.05) is 24.7 Å². The lowest BCUT2D eigenvalue weighted by molar-refractivity contribution is -0.132. The number of carbonyl (C=O) groups excluding carboxylic acids is 2. The van der Waals surface area contributed by atoms with Crippen LogP contribution < -0.4 is 11.1 Å². The van der Waals surface area contributed by atoms with Gasteiger partial charge in [0.15, 0.2) is 0 Å². The van der Waals surface area contributed by atoms with Crippen LogP contribution in [0.2, 0.25) is 0 Å². The molecule has 1 aliphatic carbocycles. The van der Waals surface area contributed by atoms with Gasteiger partial charge in [0.2, 0.25) is 11.8 Å². The molecule has 2 amide bonds. The maximum absolute atomic E-state index is 12.6. The average molecular weight is 384 g/mol. The Balaban J connectivity index is 1.62. The van der Waals surface area contributed by atoms with E-state index in [0.717, 1.165) is 43.2 Å². The molecule has 0 aromatic heterocycles. The SMILES string of the molecule is NCCCCCNC(=O)CC1CSCN1C(=O)CCCC1CCCCC1. The minimum atomic E-state index is 0.0743. The van der Waals surface area contributed by atoms with Crippen LogP contribution in [0.1, 0.15) is 77.0 Å². The van der Waals surface area contributed by atoms with E-state index < -0.39 is 0 Å². The first-order chi connectivity index (χ1) is 12.7. The zero-order valence-electron chi connectivity index (χ0n) is 16.2. The molecule has 0 aromatic rings. The van der Waals surface area contributed by atoms with Crippen molar-refractivity contribution in [3.63, 3.8) is 0 Å². The van der Waals surface area contributed by atoms with Gasteiger partial charge in [0.05, 0.1) is 11.9 Å². The standard InChI is InChI=1S/C20H37N3O2S/c21-12-5-2-6-13-22-19(24)14-18-15-26-16-23(18)20(25)11-7-10-17-8-3-1-4-9-17/h17-18H,1-16,21H2,(H,22,24). The van der Waals surface area contributed by atoms with Crippen molar-refractivity contribution in [1.29, 1.82) is 0 Å². The van der Waals surface area contributed by atoms with Gasteiger partial charge in [-0.15, -0.1) is 11.8 Å². The van der Waals surface area contributed by atoms with Gasteiger partial charge in [-0.25, -0.2) is 0 Å². The second kappa shape index (κ2) is 12.6. The highest BCUT2D eigenvalue weighted by Gasteiger charge is 2.30. The first kappa shape index (κ1) is 21.5. The first-order valence-corrected chi connectivity index (χ1v) is 11.7. The summed E-state index contributed by atoms with van der Waals surface area (Å²) in [5.74, 6) is 2.79. The second-order valence-electron chi connectivity index (χ2n) is 7.82. The van der Waals surface area contributed by atoms with Crippen molar-refractivity contribution in [3.8, 4) is 0 Å². The van der Waals surface area contributed by atoms with E-state index in [1.54, 1.807) is 11.8 Å². The number of rotatable bonds is 11. The molecular weight excluding hydrogens is 346 g/mol. The zero-order valence-corrected chi connectivity index (χ0v) is 17.0. The molecule has 1 heterocycles. The molecule has 0 spiro atoms. The molecule has 2 fully saturated rings. The van der Waals surface area contributed by atoms with E-state index in [-0.39, 0.29) is 17.9 Å². The Morgan fingerprint density at radius 3 is 2.65 bits per heavy atom. The van der Waals surface area contributed by atoms with Crippen LogP contribution in [-0.4, -0.2) is 47.5 Å². The van der Waals surface area contributed by atoms with E-state index >= 15 is 0 Å². The lowest BCUT2D eigenvalue weighted by atomic mass is 9.86. The summed E-state index contributed by atoms with van der Waals surface area (Å²) in [5, 5.41) is 2.99. The highest BCUT2D eigenvalue weighted by molar-refractivity contribution is 7.99. The Bertz CT molecular complexity index is 427. The number of nitrogens with zero attached hydrogens (tertiary/aromatic N) is 1. The number of carbonyl (C=O) groups is 2. The number of nitrogens with two attached hydrogens (primary N) is 1. The molecule has 2 rings (SSSR count). The Labute approximate surface area is 163 Å². The van der Waals surface area contributed by atoms with Gasteiger partial charge < -0.3 is 16.0 Å². The van der Waals surface area contributed by atoms with Gasteiger partial charge in [-0.2, -0.15) is 0 Å². The minimum absolute atomic E-state index is 0.0743. The fraction of sp³-hybridized carbons (Fsp3) is 0.900. The van der Waals surface area contributed by atoms with Crippen LogP contribution in [0.3, 0.4) is 0 Å². The molecule has 0 aromatic carbocycles. The van der Waals surface area contributed by atoms with Crippen LogP contribution in [0, 0.1) is 5.92 Å². The lowest BCUT2D eigenvalue weighted by Crippen LogP contribution is -2.40. The Hall–Kier alpha value is -0.750. The summed E-state index contributed by atoms with van der Waals surface area (Å²) in [6, 6.07) is 0.0752. The third-order valence-electron chi connectivity index (χ3n) is 5.65. The zero-order chi connectivity index (χ0) is 18.6. The summed E-state index contributed by atoms with van der Waals surface area (Å²) in [6.07, 6.45) is 13.2. The van der Waals surface area contributed by atoms with Gasteiger partial charge in [-0.1, -0.05) is 38.5 Å². The van der Waals surface area contributed by atoms with Crippen molar-refractivity contribution < 1.29 is 9.59 Å². The van der Waals surface area contributed by atoms with Crippen LogP contribution >= 0.6 is 11.8 Å². The summed E-state index contributed by atoms with van der Waals surface area (Å²) in [4.78, 5) is 26.7. The van der Waals surface area contributed by atoms with E-state index in [0.29, 0.717) is 25.9 Å². The van der Waals surface area contributed by atoms with E-state index in [1.807, 2.05) is 4.90 Å². The van der Waals surface area contributed by atoms with Crippen molar-refractivity contribution in [1.82, 2.24) is 10.2 Å². The minimum Gasteiger partial charge on any atom is -0.356 e. The second-order valence-corrected chi connectivity index (χ2v) is 8.82. The third-order valence-corrected chi connectivity index (χ3v) is 6.73. The molecule has 1 saturated carbocycles. The van der Waals surface area contributed by atoms with Crippen molar-refractivity contribution in [2.24, 2.45) is 11.7 Å². The maximum Gasteiger partial charge on any atom is 0.223 e. The van der Waals surface area contributed by atoms with Gasteiger partial charge in [0.1, 0.15) is 0 Å². The van der Waals surface area contributed by atoms with Crippen LogP contribution in [0.5, 0.6) is 0 Å². The number of unbranched alkanes of at least 4 members (excludes halogenated alkanes) is 2. The fourth-order valence-corrected chi connectivity index (χ4v) is 5.28. The fourth-order valence-electron chi connectivity index (χ4n) is 4.05. The molecule has 3 N–H and O–H groups in total. The molecule has 1 unspecified atom stereocenters. The lowest BCUT2D eigenvalue weighted by Gasteiger charge is -2.25. The molecule has 2 aliphatic rings. The van der Waals surface area contributed by atoms with Crippen LogP contribution in [0.4, 0.5) is 0 Å². The first-order valence-electron chi connectivity index (χ1n) is 10.5. The predicted molar refractivity (Wildman–Crippen MR) is 109 cm³/mol. The summed E-state index contributed by atoms with van der Waals surface area (Å²) in [5.41, 5.74) is 5.47. The Morgan fingerprint density at radius 1 is 1.08 bits per heavy atom. The highest BCUT2D eigenvalue weighted by Crippen LogP contribution is 2.29. The largest absolute Gasteiger partial charge is 0.356 e. The van der Waals surface area contributed by atoms with Gasteiger partial charge >= 0.3 is 0 Å². The van der Waals surface area contributed by atoms with Crippen LogP contribution in [0.25, 0.3) is 0 Å². The molecule has 0 bridgehead atoms. The van der Waals surface area contributed by atoms with Gasteiger partial charge in [-0.05, 0) is 38.1 Å². The van der Waals surface area contributed by atoms with Gasteiger partial charge in [-0.3, -0.25) is 9.59 Å². The van der Waals surface area contributed by atoms with Crippen molar-refractivity contribution in [3.05, 3.63) is 0 Å². The monoisotopic (exact) mass is 383 g/mol. The number of nitrogens with one attached hydrogen (secondary N) is 1. The number of hydrogen-bond acceptors (Lipinski definition) is 4. The molecule has 5 nitrogen and oxygen atoms in total. The number of amides is 2. The van der Waals surface area contributed by atoms with E-state index in [2.05, 4.69) is 5.32 Å². The average Bonchev–Trinajstić information content (AvgIpc) is 3.10. The van der Waals surface area contributed by atoms with Gasteiger partial charge in [0.25, 0.3) is 0 Å². The van der Waals surface area contributed by atoms with E-state index in [9.17, 15) is 9.59 Å². The smallest absolute Gasteiger partial charge is 0.223 e. The number of hydrogen-bond donors (Lipinski definition) is 2. The highest BCUT2D eigenvalue weighted by atomic mass is 32.2. The molecule has 0 radical (unpaired) electrons. The molecule has 26 heavy (non-hydrogen) atoms. The number of thioether (sulfide) groups is 1. The molecule has 150 valence electrons. The van der Waals surface area contributed by atoms with E-state index in [4.69, 9.17) is 5.73 Å². The van der Waals surface area contributed by atoms with E-state index in [1.165, 1.54) is 38.5 Å². The normalized spacial score (nSPS) is 21.1. The Morgan fingerprint density at radius 2 is 1.88 bits per heavy atom. The molecular formula is C20H37N3O2S. The summed E-state index contributed by atoms with van der Waals surface area (Å²) in [7, 11) is 0. The third kappa shape index (κ3) is 7.87.